The Labute approximate surface area is 149 Å². The van der Waals surface area contributed by atoms with Gasteiger partial charge in [0.2, 0.25) is 12.7 Å². The second-order valence-corrected chi connectivity index (χ2v) is 5.41. The molecule has 11 nitrogen and oxygen atoms in total. The van der Waals surface area contributed by atoms with E-state index in [1.165, 1.54) is 0 Å². The van der Waals surface area contributed by atoms with E-state index in [1.54, 1.807) is 0 Å². The van der Waals surface area contributed by atoms with E-state index < -0.39 is 54.5 Å². The second kappa shape index (κ2) is 9.70. The Morgan fingerprint density at radius 2 is 1.42 bits per heavy atom. The van der Waals surface area contributed by atoms with Gasteiger partial charge in [-0.15, -0.1) is 0 Å². The van der Waals surface area contributed by atoms with E-state index in [4.69, 9.17) is 23.7 Å². The molecule has 1 aliphatic heterocycles. The van der Waals surface area contributed by atoms with E-state index in [1.807, 2.05) is 0 Å². The molecule has 1 amide bonds. The summed E-state index contributed by atoms with van der Waals surface area (Å²) in [5, 5.41) is 2.32. The predicted molar refractivity (Wildman–Crippen MR) is 81.2 cm³/mol. The highest BCUT2D eigenvalue weighted by atomic mass is 16.7. The highest BCUT2D eigenvalue weighted by Crippen LogP contribution is 2.27. The Balaban J connectivity index is 3.23. The van der Waals surface area contributed by atoms with E-state index in [-0.39, 0.29) is 13.0 Å². The number of nitrogens with one attached hydrogen (secondary N) is 1. The van der Waals surface area contributed by atoms with Crippen LogP contribution in [0.1, 0.15) is 27.7 Å². The average Bonchev–Trinajstić information content (AvgIpc) is 2.49. The summed E-state index contributed by atoms with van der Waals surface area (Å²) in [6.07, 6.45) is -4.66. The Morgan fingerprint density at radius 1 is 0.885 bits per heavy atom. The molecule has 0 aromatic rings. The summed E-state index contributed by atoms with van der Waals surface area (Å²) in [7, 11) is 0. The molecule has 0 spiro atoms. The monoisotopic (exact) mass is 375 g/mol. The number of amides is 1. The van der Waals surface area contributed by atoms with Gasteiger partial charge >= 0.3 is 23.9 Å². The highest BCUT2D eigenvalue weighted by Gasteiger charge is 2.51. The van der Waals surface area contributed by atoms with Crippen molar-refractivity contribution >= 4 is 30.3 Å². The summed E-state index contributed by atoms with van der Waals surface area (Å²) < 4.78 is 25.7. The minimum atomic E-state index is -1.37. The summed E-state index contributed by atoms with van der Waals surface area (Å²) >= 11 is 0. The SMILES string of the molecule is CC(=O)OC[C@H]1O[C@H](OC(C)=O)[C@H](NC=O)[C@@H](OC(C)=O)[C@@H]1OC(C)=O. The van der Waals surface area contributed by atoms with Crippen molar-refractivity contribution in [3.63, 3.8) is 0 Å². The lowest BCUT2D eigenvalue weighted by molar-refractivity contribution is -0.270. The van der Waals surface area contributed by atoms with Gasteiger partial charge in [0.1, 0.15) is 18.8 Å². The maximum absolute atomic E-state index is 11.5. The van der Waals surface area contributed by atoms with Crippen molar-refractivity contribution in [3.8, 4) is 0 Å². The van der Waals surface area contributed by atoms with Crippen LogP contribution in [0.5, 0.6) is 0 Å². The Kier molecular flexibility index (Phi) is 7.97. The average molecular weight is 375 g/mol. The molecule has 11 heteroatoms. The van der Waals surface area contributed by atoms with Crippen LogP contribution in [0.2, 0.25) is 0 Å². The molecule has 0 unspecified atom stereocenters. The van der Waals surface area contributed by atoms with Gasteiger partial charge in [-0.1, -0.05) is 0 Å². The van der Waals surface area contributed by atoms with Crippen LogP contribution in [0, 0.1) is 0 Å². The number of ether oxygens (including phenoxy) is 5. The van der Waals surface area contributed by atoms with Crippen molar-refractivity contribution in [3.05, 3.63) is 0 Å². The molecule has 1 aliphatic rings. The topological polar surface area (TPSA) is 144 Å². The maximum Gasteiger partial charge on any atom is 0.305 e. The molecule has 0 aliphatic carbocycles. The molecule has 0 aromatic carbocycles. The van der Waals surface area contributed by atoms with Crippen molar-refractivity contribution < 1.29 is 47.7 Å². The zero-order chi connectivity index (χ0) is 19.9. The molecule has 146 valence electrons. The van der Waals surface area contributed by atoms with E-state index in [9.17, 15) is 24.0 Å². The quantitative estimate of drug-likeness (QED) is 0.328. The van der Waals surface area contributed by atoms with Gasteiger partial charge in [0.15, 0.2) is 12.2 Å². The molecular weight excluding hydrogens is 354 g/mol. The van der Waals surface area contributed by atoms with Crippen LogP contribution in [0.15, 0.2) is 0 Å². The van der Waals surface area contributed by atoms with E-state index >= 15 is 0 Å². The van der Waals surface area contributed by atoms with Gasteiger partial charge in [-0.3, -0.25) is 24.0 Å². The van der Waals surface area contributed by atoms with Gasteiger partial charge in [0.25, 0.3) is 0 Å². The van der Waals surface area contributed by atoms with Crippen LogP contribution in [0.25, 0.3) is 0 Å². The number of hydrogen-bond donors (Lipinski definition) is 1. The first-order chi connectivity index (χ1) is 12.1. The fraction of sp³-hybridized carbons (Fsp3) is 0.667. The van der Waals surface area contributed by atoms with Gasteiger partial charge in [0.05, 0.1) is 0 Å². The molecule has 26 heavy (non-hydrogen) atoms. The summed E-state index contributed by atoms with van der Waals surface area (Å²) in [5.74, 6) is -2.82. The number of carbonyl (C=O) groups excluding carboxylic acids is 5. The first-order valence-corrected chi connectivity index (χ1v) is 7.65. The third-order valence-electron chi connectivity index (χ3n) is 3.24. The lowest BCUT2D eigenvalue weighted by Crippen LogP contribution is -2.66. The van der Waals surface area contributed by atoms with Gasteiger partial charge in [-0.05, 0) is 0 Å². The summed E-state index contributed by atoms with van der Waals surface area (Å²) in [6.45, 7) is 4.14. The minimum Gasteiger partial charge on any atom is -0.463 e. The molecule has 1 saturated heterocycles. The predicted octanol–water partition coefficient (Wildman–Crippen LogP) is -1.18. The second-order valence-electron chi connectivity index (χ2n) is 5.41. The van der Waals surface area contributed by atoms with Gasteiger partial charge in [-0.25, -0.2) is 0 Å². The van der Waals surface area contributed by atoms with Crippen molar-refractivity contribution in [2.75, 3.05) is 6.61 Å². The first-order valence-electron chi connectivity index (χ1n) is 7.65. The summed E-state index contributed by atoms with van der Waals surface area (Å²) in [4.78, 5) is 56.3. The van der Waals surface area contributed by atoms with Gasteiger partial charge in [-0.2, -0.15) is 0 Å². The number of esters is 4. The van der Waals surface area contributed by atoms with E-state index in [0.29, 0.717) is 0 Å². The molecule has 1 N–H and O–H groups in total. The maximum atomic E-state index is 11.5. The van der Waals surface area contributed by atoms with Crippen LogP contribution < -0.4 is 5.32 Å². The summed E-state index contributed by atoms with van der Waals surface area (Å²) in [6, 6.07) is -1.15. The minimum absolute atomic E-state index is 0.290. The molecule has 0 saturated carbocycles. The smallest absolute Gasteiger partial charge is 0.305 e. The number of carbonyl (C=O) groups is 5. The van der Waals surface area contributed by atoms with E-state index in [0.717, 1.165) is 27.7 Å². The zero-order valence-corrected chi connectivity index (χ0v) is 14.8. The lowest BCUT2D eigenvalue weighted by Gasteiger charge is -2.44. The highest BCUT2D eigenvalue weighted by molar-refractivity contribution is 5.68. The van der Waals surface area contributed by atoms with Crippen LogP contribution in [0.3, 0.4) is 0 Å². The molecule has 1 rings (SSSR count). The Bertz CT molecular complexity index is 563. The fourth-order valence-corrected chi connectivity index (χ4v) is 2.42. The number of rotatable bonds is 7. The van der Waals surface area contributed by atoms with Crippen LogP contribution >= 0.6 is 0 Å². The Morgan fingerprint density at radius 3 is 1.88 bits per heavy atom. The molecule has 0 radical (unpaired) electrons. The standard InChI is InChI=1S/C15H21NO10/c1-7(18)22-5-11-13(23-8(2)19)14(24-9(3)20)12(16-6-17)15(26-11)25-10(4)21/h6,11-15H,5H2,1-4H3,(H,16,17)/t11-,12-,13-,14-,15+/m1/s1. The third-order valence-corrected chi connectivity index (χ3v) is 3.24. The van der Waals surface area contributed by atoms with Gasteiger partial charge in [0, 0.05) is 27.7 Å². The molecule has 1 heterocycles. The van der Waals surface area contributed by atoms with Gasteiger partial charge < -0.3 is 29.0 Å². The van der Waals surface area contributed by atoms with Crippen molar-refractivity contribution in [1.29, 1.82) is 0 Å². The van der Waals surface area contributed by atoms with Crippen LogP contribution in [0.4, 0.5) is 0 Å². The van der Waals surface area contributed by atoms with Crippen molar-refractivity contribution in [2.24, 2.45) is 0 Å². The van der Waals surface area contributed by atoms with Crippen molar-refractivity contribution in [2.45, 2.75) is 58.3 Å². The third kappa shape index (κ3) is 6.31. The zero-order valence-electron chi connectivity index (χ0n) is 14.8. The lowest BCUT2D eigenvalue weighted by atomic mass is 9.96. The Hall–Kier alpha value is -2.69. The molecule has 0 aromatic heterocycles. The number of hydrogen-bond acceptors (Lipinski definition) is 10. The summed E-state index contributed by atoms with van der Waals surface area (Å²) in [5.41, 5.74) is 0. The molecule has 0 bridgehead atoms. The van der Waals surface area contributed by atoms with Crippen LogP contribution in [-0.2, 0) is 47.7 Å². The van der Waals surface area contributed by atoms with Crippen LogP contribution in [-0.4, -0.2) is 67.5 Å². The fourth-order valence-electron chi connectivity index (χ4n) is 2.42. The molecular formula is C15H21NO10. The van der Waals surface area contributed by atoms with E-state index in [2.05, 4.69) is 5.32 Å². The normalized spacial score (nSPS) is 27.6. The van der Waals surface area contributed by atoms with Crippen molar-refractivity contribution in [1.82, 2.24) is 5.32 Å². The largest absolute Gasteiger partial charge is 0.463 e. The molecule has 1 fully saturated rings. The molecule has 5 atom stereocenters. The first kappa shape index (κ1) is 21.4.